The summed E-state index contributed by atoms with van der Waals surface area (Å²) in [6, 6.07) is 17.7. The standard InChI is InChI=1S/C20H18N4OS/c1-13-21-18(14-8-4-3-5-9-14)19(26-13)20(25)24(2)12-17-22-15-10-6-7-11-16(15)23-17/h3-11H,12H2,1-2H3,(H,22,23). The van der Waals surface area contributed by atoms with Crippen molar-refractivity contribution in [1.29, 1.82) is 0 Å². The maximum atomic E-state index is 13.0. The van der Waals surface area contributed by atoms with E-state index in [9.17, 15) is 4.79 Å². The second-order valence-electron chi connectivity index (χ2n) is 6.14. The first-order chi connectivity index (χ1) is 12.6. The SMILES string of the molecule is Cc1nc(-c2ccccc2)c(C(=O)N(C)Cc2nc3ccccc3[nH]2)s1. The summed E-state index contributed by atoms with van der Waals surface area (Å²) in [6.07, 6.45) is 0. The highest BCUT2D eigenvalue weighted by atomic mass is 32.1. The topological polar surface area (TPSA) is 61.9 Å². The summed E-state index contributed by atoms with van der Waals surface area (Å²) in [7, 11) is 1.79. The van der Waals surface area contributed by atoms with E-state index in [1.165, 1.54) is 11.3 Å². The minimum Gasteiger partial charge on any atom is -0.340 e. The number of aromatic amines is 1. The number of para-hydroxylation sites is 2. The number of imidazole rings is 1. The van der Waals surface area contributed by atoms with Crippen LogP contribution in [-0.2, 0) is 6.54 Å². The van der Waals surface area contributed by atoms with Crippen molar-refractivity contribution in [2.75, 3.05) is 7.05 Å². The number of aryl methyl sites for hydroxylation is 1. The number of carbonyl (C=O) groups is 1. The van der Waals surface area contributed by atoms with Gasteiger partial charge in [-0.05, 0) is 19.1 Å². The molecule has 1 amide bonds. The van der Waals surface area contributed by atoms with E-state index in [0.29, 0.717) is 11.4 Å². The fourth-order valence-corrected chi connectivity index (χ4v) is 3.85. The van der Waals surface area contributed by atoms with Crippen molar-refractivity contribution in [2.24, 2.45) is 0 Å². The molecule has 2 heterocycles. The van der Waals surface area contributed by atoms with Crippen molar-refractivity contribution in [3.05, 3.63) is 70.3 Å². The maximum Gasteiger partial charge on any atom is 0.266 e. The molecule has 0 unspecified atom stereocenters. The molecule has 0 aliphatic carbocycles. The van der Waals surface area contributed by atoms with Crippen LogP contribution in [0.2, 0.25) is 0 Å². The minimum atomic E-state index is -0.0464. The summed E-state index contributed by atoms with van der Waals surface area (Å²) in [4.78, 5) is 27.8. The third-order valence-corrected chi connectivity index (χ3v) is 5.11. The Kier molecular flexibility index (Phi) is 4.26. The van der Waals surface area contributed by atoms with E-state index in [-0.39, 0.29) is 5.91 Å². The van der Waals surface area contributed by atoms with E-state index < -0.39 is 0 Å². The Morgan fingerprint density at radius 3 is 2.58 bits per heavy atom. The molecule has 0 aliphatic rings. The van der Waals surface area contributed by atoms with Crippen molar-refractivity contribution in [3.63, 3.8) is 0 Å². The van der Waals surface area contributed by atoms with Crippen LogP contribution in [0.5, 0.6) is 0 Å². The number of nitrogens with zero attached hydrogens (tertiary/aromatic N) is 3. The average Bonchev–Trinajstić information content (AvgIpc) is 3.24. The van der Waals surface area contributed by atoms with Crippen molar-refractivity contribution in [3.8, 4) is 11.3 Å². The molecule has 0 saturated heterocycles. The molecule has 0 bridgehead atoms. The second kappa shape index (κ2) is 6.72. The van der Waals surface area contributed by atoms with Gasteiger partial charge in [-0.1, -0.05) is 42.5 Å². The number of aromatic nitrogens is 3. The molecule has 0 fully saturated rings. The molecule has 0 atom stereocenters. The number of carbonyl (C=O) groups excluding carboxylic acids is 1. The molecule has 1 N–H and O–H groups in total. The number of fused-ring (bicyclic) bond motifs is 1. The van der Waals surface area contributed by atoms with Crippen LogP contribution in [0.25, 0.3) is 22.3 Å². The van der Waals surface area contributed by atoms with Crippen LogP contribution < -0.4 is 0 Å². The number of H-pyrrole nitrogens is 1. The summed E-state index contributed by atoms with van der Waals surface area (Å²) in [5.41, 5.74) is 3.58. The zero-order chi connectivity index (χ0) is 18.1. The quantitative estimate of drug-likeness (QED) is 0.590. The van der Waals surface area contributed by atoms with Crippen molar-refractivity contribution in [2.45, 2.75) is 13.5 Å². The van der Waals surface area contributed by atoms with Crippen molar-refractivity contribution < 1.29 is 4.79 Å². The smallest absolute Gasteiger partial charge is 0.266 e. The molecule has 6 heteroatoms. The molecule has 0 saturated carbocycles. The van der Waals surface area contributed by atoms with Gasteiger partial charge >= 0.3 is 0 Å². The third-order valence-electron chi connectivity index (χ3n) is 4.15. The molecule has 4 rings (SSSR count). The Balaban J connectivity index is 1.61. The summed E-state index contributed by atoms with van der Waals surface area (Å²) < 4.78 is 0. The van der Waals surface area contributed by atoms with Crippen LogP contribution in [0.1, 0.15) is 20.5 Å². The van der Waals surface area contributed by atoms with Crippen molar-refractivity contribution in [1.82, 2.24) is 19.9 Å². The molecule has 2 aromatic heterocycles. The molecule has 0 spiro atoms. The second-order valence-corrected chi connectivity index (χ2v) is 7.34. The summed E-state index contributed by atoms with van der Waals surface area (Å²) in [5, 5.41) is 0.879. The molecule has 0 radical (unpaired) electrons. The van der Waals surface area contributed by atoms with Crippen LogP contribution in [0.4, 0.5) is 0 Å². The minimum absolute atomic E-state index is 0.0464. The average molecular weight is 362 g/mol. The van der Waals surface area contributed by atoms with Gasteiger partial charge in [-0.2, -0.15) is 0 Å². The monoisotopic (exact) mass is 362 g/mol. The molecule has 2 aromatic carbocycles. The number of nitrogens with one attached hydrogen (secondary N) is 1. The summed E-state index contributed by atoms with van der Waals surface area (Å²) in [5.74, 6) is 0.722. The molecule has 130 valence electrons. The Bertz CT molecular complexity index is 1030. The van der Waals surface area contributed by atoms with Crippen LogP contribution in [0.15, 0.2) is 54.6 Å². The number of hydrogen-bond donors (Lipinski definition) is 1. The lowest BCUT2D eigenvalue weighted by molar-refractivity contribution is 0.0787. The van der Waals surface area contributed by atoms with Crippen molar-refractivity contribution >= 4 is 28.3 Å². The van der Waals surface area contributed by atoms with E-state index >= 15 is 0 Å². The molecular weight excluding hydrogens is 344 g/mol. The molecular formula is C20H18N4OS. The molecule has 4 aromatic rings. The first-order valence-electron chi connectivity index (χ1n) is 8.34. The van der Waals surface area contributed by atoms with Gasteiger partial charge in [-0.25, -0.2) is 9.97 Å². The number of hydrogen-bond acceptors (Lipinski definition) is 4. The molecule has 0 aliphatic heterocycles. The highest BCUT2D eigenvalue weighted by Gasteiger charge is 2.22. The van der Waals surface area contributed by atoms with Crippen LogP contribution in [-0.4, -0.2) is 32.8 Å². The predicted molar refractivity (Wildman–Crippen MR) is 104 cm³/mol. The van der Waals surface area contributed by atoms with E-state index in [2.05, 4.69) is 15.0 Å². The van der Waals surface area contributed by atoms with E-state index in [1.54, 1.807) is 11.9 Å². The Labute approximate surface area is 155 Å². The molecule has 26 heavy (non-hydrogen) atoms. The van der Waals surface area contributed by atoms with Gasteiger partial charge in [0.1, 0.15) is 10.7 Å². The van der Waals surface area contributed by atoms with Gasteiger partial charge in [0.25, 0.3) is 5.91 Å². The fourth-order valence-electron chi connectivity index (χ4n) is 2.91. The first-order valence-corrected chi connectivity index (χ1v) is 9.15. The number of amides is 1. The normalized spacial score (nSPS) is 11.0. The van der Waals surface area contributed by atoms with Crippen LogP contribution in [0, 0.1) is 6.92 Å². The van der Waals surface area contributed by atoms with E-state index in [0.717, 1.165) is 33.1 Å². The number of benzene rings is 2. The van der Waals surface area contributed by atoms with Gasteiger partial charge in [0.05, 0.1) is 28.3 Å². The largest absolute Gasteiger partial charge is 0.340 e. The maximum absolute atomic E-state index is 13.0. The highest BCUT2D eigenvalue weighted by Crippen LogP contribution is 2.29. The lowest BCUT2D eigenvalue weighted by Gasteiger charge is -2.15. The third kappa shape index (κ3) is 3.11. The Hall–Kier alpha value is -2.99. The zero-order valence-electron chi connectivity index (χ0n) is 14.6. The number of rotatable bonds is 4. The zero-order valence-corrected chi connectivity index (χ0v) is 15.4. The number of thiazole rings is 1. The first kappa shape index (κ1) is 16.5. The summed E-state index contributed by atoms with van der Waals surface area (Å²) in [6.45, 7) is 2.34. The van der Waals surface area contributed by atoms with Gasteiger partial charge in [-0.15, -0.1) is 11.3 Å². The van der Waals surface area contributed by atoms with Gasteiger partial charge in [0, 0.05) is 12.6 Å². The van der Waals surface area contributed by atoms with Gasteiger partial charge < -0.3 is 9.88 Å². The van der Waals surface area contributed by atoms with Gasteiger partial charge in [0.15, 0.2) is 0 Å². The van der Waals surface area contributed by atoms with Gasteiger partial charge in [-0.3, -0.25) is 4.79 Å². The van der Waals surface area contributed by atoms with Crippen LogP contribution >= 0.6 is 11.3 Å². The Morgan fingerprint density at radius 1 is 1.08 bits per heavy atom. The lowest BCUT2D eigenvalue weighted by atomic mass is 10.1. The lowest BCUT2D eigenvalue weighted by Crippen LogP contribution is -2.26. The summed E-state index contributed by atoms with van der Waals surface area (Å²) >= 11 is 1.43. The van der Waals surface area contributed by atoms with E-state index in [1.807, 2.05) is 61.5 Å². The van der Waals surface area contributed by atoms with Crippen LogP contribution in [0.3, 0.4) is 0 Å². The highest BCUT2D eigenvalue weighted by molar-refractivity contribution is 7.14. The van der Waals surface area contributed by atoms with Gasteiger partial charge in [0.2, 0.25) is 0 Å². The fraction of sp³-hybridized carbons (Fsp3) is 0.150. The molecule has 5 nitrogen and oxygen atoms in total. The van der Waals surface area contributed by atoms with E-state index in [4.69, 9.17) is 0 Å². The Morgan fingerprint density at radius 2 is 1.81 bits per heavy atom. The predicted octanol–water partition coefficient (Wildman–Crippen LogP) is 4.27.